The first-order valence-electron chi connectivity index (χ1n) is 5.93. The minimum absolute atomic E-state index is 0.0145. The average Bonchev–Trinajstić information content (AvgIpc) is 2.81. The summed E-state index contributed by atoms with van der Waals surface area (Å²) in [5.74, 6) is 5.37. The molecule has 18 heavy (non-hydrogen) atoms. The van der Waals surface area contributed by atoms with Gasteiger partial charge in [-0.2, -0.15) is 11.3 Å². The zero-order valence-corrected chi connectivity index (χ0v) is 11.1. The zero-order chi connectivity index (χ0) is 13.0. The van der Waals surface area contributed by atoms with E-state index < -0.39 is 0 Å². The van der Waals surface area contributed by atoms with Gasteiger partial charge in [0, 0.05) is 6.04 Å². The van der Waals surface area contributed by atoms with E-state index in [1.807, 2.05) is 13.0 Å². The van der Waals surface area contributed by atoms with Crippen molar-refractivity contribution in [3.8, 4) is 0 Å². The molecule has 2 rings (SSSR count). The number of nitrogens with one attached hydrogen (secondary N) is 1. The standard InChI is InChI=1S/C14H17FN2S/c1-10-6-12(8-13(15)7-10)14(17-16)3-2-11-4-5-18-9-11/h4-9,14,17H,2-3,16H2,1H3. The van der Waals surface area contributed by atoms with Gasteiger partial charge in [0.05, 0.1) is 0 Å². The molecule has 0 bridgehead atoms. The third kappa shape index (κ3) is 3.38. The van der Waals surface area contributed by atoms with E-state index in [1.165, 1.54) is 11.6 Å². The molecule has 4 heteroatoms. The van der Waals surface area contributed by atoms with Gasteiger partial charge in [0.15, 0.2) is 0 Å². The monoisotopic (exact) mass is 264 g/mol. The van der Waals surface area contributed by atoms with Crippen LogP contribution in [0.15, 0.2) is 35.0 Å². The molecule has 1 unspecified atom stereocenters. The summed E-state index contributed by atoms with van der Waals surface area (Å²) in [5, 5.41) is 4.19. The molecule has 1 aromatic carbocycles. The lowest BCUT2D eigenvalue weighted by atomic mass is 9.99. The summed E-state index contributed by atoms with van der Waals surface area (Å²) in [6.45, 7) is 1.89. The summed E-state index contributed by atoms with van der Waals surface area (Å²) in [7, 11) is 0. The number of halogens is 1. The van der Waals surface area contributed by atoms with Gasteiger partial charge < -0.3 is 0 Å². The Hall–Kier alpha value is -1.23. The molecule has 0 radical (unpaired) electrons. The lowest BCUT2D eigenvalue weighted by Gasteiger charge is -2.16. The first kappa shape index (κ1) is 13.2. The molecular weight excluding hydrogens is 247 g/mol. The fourth-order valence-electron chi connectivity index (χ4n) is 2.06. The second kappa shape index (κ2) is 6.09. The van der Waals surface area contributed by atoms with Crippen LogP contribution in [0.3, 0.4) is 0 Å². The van der Waals surface area contributed by atoms with E-state index >= 15 is 0 Å². The number of rotatable bonds is 5. The summed E-state index contributed by atoms with van der Waals surface area (Å²) in [4.78, 5) is 0. The predicted octanol–water partition coefficient (Wildman–Crippen LogP) is 3.33. The summed E-state index contributed by atoms with van der Waals surface area (Å²) in [6.07, 6.45) is 1.80. The van der Waals surface area contributed by atoms with Crippen LogP contribution in [0.1, 0.15) is 29.2 Å². The van der Waals surface area contributed by atoms with Gasteiger partial charge in [-0.05, 0) is 65.4 Å². The highest BCUT2D eigenvalue weighted by molar-refractivity contribution is 7.07. The SMILES string of the molecule is Cc1cc(F)cc(C(CCc2ccsc2)NN)c1. The normalized spacial score (nSPS) is 12.6. The molecule has 0 aliphatic carbocycles. The van der Waals surface area contributed by atoms with Crippen LogP contribution in [0.4, 0.5) is 4.39 Å². The van der Waals surface area contributed by atoms with Gasteiger partial charge in [-0.1, -0.05) is 6.07 Å². The van der Waals surface area contributed by atoms with Crippen LogP contribution in [0.25, 0.3) is 0 Å². The number of hydrazine groups is 1. The lowest BCUT2D eigenvalue weighted by molar-refractivity contribution is 0.511. The van der Waals surface area contributed by atoms with Crippen LogP contribution in [0, 0.1) is 12.7 Å². The van der Waals surface area contributed by atoms with Crippen molar-refractivity contribution in [2.75, 3.05) is 0 Å². The van der Waals surface area contributed by atoms with E-state index in [0.29, 0.717) is 0 Å². The number of nitrogens with two attached hydrogens (primary N) is 1. The van der Waals surface area contributed by atoms with E-state index in [0.717, 1.165) is 24.0 Å². The second-order valence-corrected chi connectivity index (χ2v) is 5.23. The van der Waals surface area contributed by atoms with E-state index in [2.05, 4.69) is 22.3 Å². The smallest absolute Gasteiger partial charge is 0.123 e. The quantitative estimate of drug-likeness (QED) is 0.642. The minimum atomic E-state index is -0.208. The molecule has 1 heterocycles. The number of benzene rings is 1. The van der Waals surface area contributed by atoms with Gasteiger partial charge in [-0.25, -0.2) is 4.39 Å². The molecule has 2 nitrogen and oxygen atoms in total. The van der Waals surface area contributed by atoms with Gasteiger partial charge in [-0.3, -0.25) is 11.3 Å². The minimum Gasteiger partial charge on any atom is -0.271 e. The first-order valence-corrected chi connectivity index (χ1v) is 6.87. The Morgan fingerprint density at radius 1 is 1.39 bits per heavy atom. The number of aryl methyl sites for hydroxylation is 2. The summed E-state index contributed by atoms with van der Waals surface area (Å²) >= 11 is 1.69. The molecule has 0 saturated carbocycles. The summed E-state index contributed by atoms with van der Waals surface area (Å²) < 4.78 is 13.4. The first-order chi connectivity index (χ1) is 8.69. The maximum Gasteiger partial charge on any atom is 0.123 e. The third-order valence-electron chi connectivity index (χ3n) is 2.97. The van der Waals surface area contributed by atoms with Gasteiger partial charge in [0.2, 0.25) is 0 Å². The highest BCUT2D eigenvalue weighted by Crippen LogP contribution is 2.21. The summed E-state index contributed by atoms with van der Waals surface area (Å²) in [5.41, 5.74) is 5.90. The molecule has 0 fully saturated rings. The Bertz CT molecular complexity index is 476. The molecule has 2 aromatic rings. The van der Waals surface area contributed by atoms with Crippen LogP contribution in [0.5, 0.6) is 0 Å². The Labute approximate surface area is 111 Å². The van der Waals surface area contributed by atoms with Crippen LogP contribution < -0.4 is 11.3 Å². The molecule has 96 valence electrons. The topological polar surface area (TPSA) is 38.0 Å². The predicted molar refractivity (Wildman–Crippen MR) is 73.8 cm³/mol. The maximum atomic E-state index is 13.4. The van der Waals surface area contributed by atoms with Crippen LogP contribution in [-0.4, -0.2) is 0 Å². The average molecular weight is 264 g/mol. The number of hydrogen-bond acceptors (Lipinski definition) is 3. The van der Waals surface area contributed by atoms with E-state index in [9.17, 15) is 4.39 Å². The highest BCUT2D eigenvalue weighted by atomic mass is 32.1. The van der Waals surface area contributed by atoms with Crippen molar-refractivity contribution in [2.24, 2.45) is 5.84 Å². The summed E-state index contributed by atoms with van der Waals surface area (Å²) in [6, 6.07) is 7.14. The number of thiophene rings is 1. The van der Waals surface area contributed by atoms with E-state index in [-0.39, 0.29) is 11.9 Å². The highest BCUT2D eigenvalue weighted by Gasteiger charge is 2.11. The van der Waals surface area contributed by atoms with E-state index in [1.54, 1.807) is 17.4 Å². The molecule has 0 spiro atoms. The zero-order valence-electron chi connectivity index (χ0n) is 10.3. The molecule has 1 aromatic heterocycles. The fourth-order valence-corrected chi connectivity index (χ4v) is 2.76. The lowest BCUT2D eigenvalue weighted by Crippen LogP contribution is -2.28. The van der Waals surface area contributed by atoms with Crippen LogP contribution in [-0.2, 0) is 6.42 Å². The Morgan fingerprint density at radius 2 is 2.22 bits per heavy atom. The second-order valence-electron chi connectivity index (χ2n) is 4.45. The number of hydrogen-bond donors (Lipinski definition) is 2. The largest absolute Gasteiger partial charge is 0.271 e. The Morgan fingerprint density at radius 3 is 2.83 bits per heavy atom. The van der Waals surface area contributed by atoms with Crippen molar-refractivity contribution in [3.63, 3.8) is 0 Å². The molecule has 0 aliphatic rings. The molecule has 0 amide bonds. The molecule has 0 aliphatic heterocycles. The van der Waals surface area contributed by atoms with Crippen molar-refractivity contribution in [2.45, 2.75) is 25.8 Å². The van der Waals surface area contributed by atoms with Crippen LogP contribution >= 0.6 is 11.3 Å². The van der Waals surface area contributed by atoms with Crippen LogP contribution in [0.2, 0.25) is 0 Å². The van der Waals surface area contributed by atoms with Crippen molar-refractivity contribution >= 4 is 11.3 Å². The van der Waals surface area contributed by atoms with Crippen molar-refractivity contribution in [1.29, 1.82) is 0 Å². The molecule has 1 atom stereocenters. The van der Waals surface area contributed by atoms with Crippen molar-refractivity contribution in [1.82, 2.24) is 5.43 Å². The maximum absolute atomic E-state index is 13.4. The van der Waals surface area contributed by atoms with Crippen molar-refractivity contribution < 1.29 is 4.39 Å². The molecule has 0 saturated heterocycles. The van der Waals surface area contributed by atoms with Crippen molar-refractivity contribution in [3.05, 3.63) is 57.5 Å². The van der Waals surface area contributed by atoms with Gasteiger partial charge in [0.1, 0.15) is 5.82 Å². The van der Waals surface area contributed by atoms with Gasteiger partial charge in [-0.15, -0.1) is 0 Å². The Balaban J connectivity index is 2.07. The Kier molecular flexibility index (Phi) is 4.47. The van der Waals surface area contributed by atoms with Gasteiger partial charge >= 0.3 is 0 Å². The fraction of sp³-hybridized carbons (Fsp3) is 0.286. The van der Waals surface area contributed by atoms with Gasteiger partial charge in [0.25, 0.3) is 0 Å². The third-order valence-corrected chi connectivity index (χ3v) is 3.70. The molecular formula is C14H17FN2S. The molecule has 3 N–H and O–H groups in total. The van der Waals surface area contributed by atoms with E-state index in [4.69, 9.17) is 5.84 Å².